The van der Waals surface area contributed by atoms with E-state index in [2.05, 4.69) is 15.5 Å². The minimum absolute atomic E-state index is 0.0617. The van der Waals surface area contributed by atoms with Crippen molar-refractivity contribution in [2.45, 2.75) is 18.1 Å². The predicted octanol–water partition coefficient (Wildman–Crippen LogP) is 2.68. The molecule has 3 aromatic rings. The molecule has 2 aromatic carbocycles. The quantitative estimate of drug-likeness (QED) is 0.625. The van der Waals surface area contributed by atoms with Crippen LogP contribution in [0.4, 0.5) is 10.1 Å². The molecule has 1 amide bonds. The Balaban J connectivity index is 1.58. The number of carbonyl (C=O) groups excluding carboxylic acids is 1. The van der Waals surface area contributed by atoms with Crippen LogP contribution in [0.5, 0.6) is 0 Å². The van der Waals surface area contributed by atoms with E-state index in [9.17, 15) is 14.0 Å². The van der Waals surface area contributed by atoms with Crippen molar-refractivity contribution in [3.8, 4) is 0 Å². The molecule has 0 atom stereocenters. The molecular formula is C18H17FN4O2S. The number of aryl methyl sites for hydroxylation is 1. The Bertz CT molecular complexity index is 940. The molecule has 0 aliphatic heterocycles. The third-order valence-corrected chi connectivity index (χ3v) is 4.61. The number of aromatic amines is 1. The average Bonchev–Trinajstić information content (AvgIpc) is 2.99. The summed E-state index contributed by atoms with van der Waals surface area (Å²) in [5, 5.41) is 9.44. The number of hydrogen-bond acceptors (Lipinski definition) is 4. The van der Waals surface area contributed by atoms with Gasteiger partial charge in [0.05, 0.1) is 5.75 Å². The first-order chi connectivity index (χ1) is 12.6. The largest absolute Gasteiger partial charge is 0.343 e. The maximum absolute atomic E-state index is 13.1. The van der Waals surface area contributed by atoms with Gasteiger partial charge in [0, 0.05) is 12.2 Å². The van der Waals surface area contributed by atoms with E-state index < -0.39 is 5.82 Å². The van der Waals surface area contributed by atoms with Crippen LogP contribution in [-0.2, 0) is 17.8 Å². The highest BCUT2D eigenvalue weighted by Gasteiger charge is 2.12. The van der Waals surface area contributed by atoms with Crippen molar-refractivity contribution in [1.29, 1.82) is 0 Å². The Labute approximate surface area is 153 Å². The summed E-state index contributed by atoms with van der Waals surface area (Å²) in [6, 6.07) is 15.5. The van der Waals surface area contributed by atoms with Gasteiger partial charge in [-0.2, -0.15) is 0 Å². The number of nitrogens with one attached hydrogen (secondary N) is 2. The summed E-state index contributed by atoms with van der Waals surface area (Å²) < 4.78 is 14.6. The minimum atomic E-state index is -0.419. The summed E-state index contributed by atoms with van der Waals surface area (Å²) in [6.07, 6.45) is 0.684. The Morgan fingerprint density at radius 3 is 2.77 bits per heavy atom. The van der Waals surface area contributed by atoms with Gasteiger partial charge in [0.1, 0.15) is 5.82 Å². The van der Waals surface area contributed by atoms with Crippen LogP contribution >= 0.6 is 11.8 Å². The Kier molecular flexibility index (Phi) is 5.85. The Morgan fingerprint density at radius 1 is 1.19 bits per heavy atom. The lowest BCUT2D eigenvalue weighted by Gasteiger charge is -2.07. The van der Waals surface area contributed by atoms with Gasteiger partial charge >= 0.3 is 5.69 Å². The van der Waals surface area contributed by atoms with Crippen LogP contribution in [-0.4, -0.2) is 26.4 Å². The first-order valence-electron chi connectivity index (χ1n) is 7.99. The molecule has 0 saturated carbocycles. The molecule has 0 aliphatic carbocycles. The van der Waals surface area contributed by atoms with Crippen molar-refractivity contribution in [1.82, 2.24) is 14.8 Å². The summed E-state index contributed by atoms with van der Waals surface area (Å²) in [5.74, 6) is -0.658. The zero-order valence-corrected chi connectivity index (χ0v) is 14.6. The number of benzene rings is 2. The average molecular weight is 372 g/mol. The van der Waals surface area contributed by atoms with Crippen LogP contribution in [0.3, 0.4) is 0 Å². The number of amides is 1. The maximum Gasteiger partial charge on any atom is 0.343 e. The fourth-order valence-electron chi connectivity index (χ4n) is 2.39. The smallest absolute Gasteiger partial charge is 0.325 e. The lowest BCUT2D eigenvalue weighted by molar-refractivity contribution is -0.113. The van der Waals surface area contributed by atoms with Gasteiger partial charge in [-0.05, 0) is 30.2 Å². The van der Waals surface area contributed by atoms with Crippen molar-refractivity contribution in [3.05, 3.63) is 76.5 Å². The molecule has 1 aromatic heterocycles. The second-order valence-electron chi connectivity index (χ2n) is 5.55. The molecule has 0 saturated heterocycles. The minimum Gasteiger partial charge on any atom is -0.325 e. The molecule has 1 heterocycles. The number of aromatic nitrogens is 3. The van der Waals surface area contributed by atoms with E-state index >= 15 is 0 Å². The third-order valence-electron chi connectivity index (χ3n) is 3.63. The molecule has 0 aliphatic rings. The van der Waals surface area contributed by atoms with E-state index in [0.29, 0.717) is 23.8 Å². The number of thioether (sulfide) groups is 1. The van der Waals surface area contributed by atoms with E-state index in [4.69, 9.17) is 0 Å². The molecule has 3 rings (SSSR count). The summed E-state index contributed by atoms with van der Waals surface area (Å²) in [4.78, 5) is 23.9. The predicted molar refractivity (Wildman–Crippen MR) is 98.7 cm³/mol. The summed E-state index contributed by atoms with van der Waals surface area (Å²) in [5.41, 5.74) is 1.19. The molecule has 0 bridgehead atoms. The number of halogens is 1. The third kappa shape index (κ3) is 4.82. The highest BCUT2D eigenvalue weighted by atomic mass is 32.2. The molecule has 0 fully saturated rings. The number of hydrogen-bond donors (Lipinski definition) is 2. The second-order valence-corrected chi connectivity index (χ2v) is 6.49. The van der Waals surface area contributed by atoms with Crippen molar-refractivity contribution in [2.24, 2.45) is 0 Å². The molecular weight excluding hydrogens is 355 g/mol. The normalized spacial score (nSPS) is 10.7. The Morgan fingerprint density at radius 2 is 2.00 bits per heavy atom. The SMILES string of the molecule is O=C(CSc1n[nH]c(=O)n1CCc1ccccc1)Nc1cccc(F)c1. The van der Waals surface area contributed by atoms with Gasteiger partial charge in [-0.1, -0.05) is 48.2 Å². The van der Waals surface area contributed by atoms with E-state index in [-0.39, 0.29) is 17.3 Å². The zero-order chi connectivity index (χ0) is 18.4. The number of nitrogens with zero attached hydrogens (tertiary/aromatic N) is 2. The van der Waals surface area contributed by atoms with E-state index in [1.54, 1.807) is 6.07 Å². The lowest BCUT2D eigenvalue weighted by atomic mass is 10.1. The van der Waals surface area contributed by atoms with Crippen molar-refractivity contribution in [3.63, 3.8) is 0 Å². The molecule has 134 valence electrons. The number of carbonyl (C=O) groups is 1. The van der Waals surface area contributed by atoms with Gasteiger partial charge in [-0.3, -0.25) is 9.36 Å². The molecule has 26 heavy (non-hydrogen) atoms. The van der Waals surface area contributed by atoms with Gasteiger partial charge < -0.3 is 5.32 Å². The van der Waals surface area contributed by atoms with Crippen LogP contribution < -0.4 is 11.0 Å². The van der Waals surface area contributed by atoms with Gasteiger partial charge in [-0.15, -0.1) is 5.10 Å². The Hall–Kier alpha value is -2.87. The van der Waals surface area contributed by atoms with Crippen LogP contribution in [0.1, 0.15) is 5.56 Å². The van der Waals surface area contributed by atoms with Crippen LogP contribution in [0.25, 0.3) is 0 Å². The van der Waals surface area contributed by atoms with Crippen molar-refractivity contribution >= 4 is 23.4 Å². The fraction of sp³-hybridized carbons (Fsp3) is 0.167. The lowest BCUT2D eigenvalue weighted by Crippen LogP contribution is -2.20. The van der Waals surface area contributed by atoms with Crippen molar-refractivity contribution in [2.75, 3.05) is 11.1 Å². The van der Waals surface area contributed by atoms with Gasteiger partial charge in [0.15, 0.2) is 5.16 Å². The topological polar surface area (TPSA) is 79.8 Å². The zero-order valence-electron chi connectivity index (χ0n) is 13.8. The molecule has 0 spiro atoms. The summed E-state index contributed by atoms with van der Waals surface area (Å²) in [6.45, 7) is 0.465. The summed E-state index contributed by atoms with van der Waals surface area (Å²) in [7, 11) is 0. The highest BCUT2D eigenvalue weighted by Crippen LogP contribution is 2.15. The molecule has 8 heteroatoms. The van der Waals surface area contributed by atoms with E-state index in [0.717, 1.165) is 17.3 Å². The van der Waals surface area contributed by atoms with Gasteiger partial charge in [0.2, 0.25) is 5.91 Å². The van der Waals surface area contributed by atoms with E-state index in [1.807, 2.05) is 30.3 Å². The number of H-pyrrole nitrogens is 1. The summed E-state index contributed by atoms with van der Waals surface area (Å²) >= 11 is 1.15. The molecule has 6 nitrogen and oxygen atoms in total. The van der Waals surface area contributed by atoms with Gasteiger partial charge in [0.25, 0.3) is 0 Å². The maximum atomic E-state index is 13.1. The van der Waals surface area contributed by atoms with Crippen molar-refractivity contribution < 1.29 is 9.18 Å². The molecule has 2 N–H and O–H groups in total. The standard InChI is InChI=1S/C18H17FN4O2S/c19-14-7-4-8-15(11-14)20-16(24)12-26-18-22-21-17(25)23(18)10-9-13-5-2-1-3-6-13/h1-8,11H,9-10,12H2,(H,20,24)(H,21,25). The van der Waals surface area contributed by atoms with Gasteiger partial charge in [-0.25, -0.2) is 14.3 Å². The van der Waals surface area contributed by atoms with Crippen LogP contribution in [0, 0.1) is 5.82 Å². The first kappa shape index (κ1) is 17.9. The first-order valence-corrected chi connectivity index (χ1v) is 8.98. The number of anilines is 1. The highest BCUT2D eigenvalue weighted by molar-refractivity contribution is 7.99. The molecule has 0 unspecified atom stereocenters. The second kappa shape index (κ2) is 8.48. The van der Waals surface area contributed by atoms with E-state index in [1.165, 1.54) is 22.8 Å². The number of rotatable bonds is 7. The van der Waals surface area contributed by atoms with Crippen LogP contribution in [0.15, 0.2) is 64.5 Å². The monoisotopic (exact) mass is 372 g/mol. The molecule has 0 radical (unpaired) electrons. The fourth-order valence-corrected chi connectivity index (χ4v) is 3.16. The van der Waals surface area contributed by atoms with Crippen LogP contribution in [0.2, 0.25) is 0 Å².